The summed E-state index contributed by atoms with van der Waals surface area (Å²) in [6.45, 7) is 2.08. The lowest BCUT2D eigenvalue weighted by atomic mass is 9.97. The van der Waals surface area contributed by atoms with E-state index < -0.39 is 0 Å². The van der Waals surface area contributed by atoms with Gasteiger partial charge in [-0.2, -0.15) is 0 Å². The predicted octanol–water partition coefficient (Wildman–Crippen LogP) is 6.42. The fourth-order valence-corrected chi connectivity index (χ4v) is 3.69. The average Bonchev–Trinajstić information content (AvgIpc) is 2.84. The Morgan fingerprint density at radius 3 is 2.09 bits per heavy atom. The maximum absolute atomic E-state index is 6.12. The Balaban J connectivity index is 1.59. The van der Waals surface area contributed by atoms with Gasteiger partial charge in [0.2, 0.25) is 0 Å². The molecule has 2 aromatic heterocycles. The first-order valence-corrected chi connectivity index (χ1v) is 10.5. The second-order valence-corrected chi connectivity index (χ2v) is 7.75. The smallest absolute Gasteiger partial charge is 0.165 e. The third-order valence-electron chi connectivity index (χ3n) is 5.47. The molecule has 0 unspecified atom stereocenters. The molecule has 32 heavy (non-hydrogen) atoms. The van der Waals surface area contributed by atoms with Crippen LogP contribution in [0.1, 0.15) is 16.7 Å². The number of aryl methyl sites for hydroxylation is 1. The Kier molecular flexibility index (Phi) is 5.18. The van der Waals surface area contributed by atoms with Crippen molar-refractivity contribution in [1.29, 1.82) is 0 Å². The van der Waals surface area contributed by atoms with Gasteiger partial charge in [0.05, 0.1) is 11.1 Å². The zero-order chi connectivity index (χ0) is 21.9. The zero-order valence-electron chi connectivity index (χ0n) is 17.7. The fraction of sp³-hybridized carbons (Fsp3) is 0.0357. The van der Waals surface area contributed by atoms with Crippen LogP contribution < -0.4 is 5.73 Å². The van der Waals surface area contributed by atoms with Gasteiger partial charge in [-0.25, -0.2) is 15.0 Å². The van der Waals surface area contributed by atoms with Crippen molar-refractivity contribution in [2.75, 3.05) is 5.73 Å². The summed E-state index contributed by atoms with van der Waals surface area (Å²) in [5, 5.41) is 0.759. The van der Waals surface area contributed by atoms with Crippen LogP contribution >= 0.6 is 0 Å². The van der Waals surface area contributed by atoms with Crippen LogP contribution in [0.25, 0.3) is 45.6 Å². The molecule has 0 saturated carbocycles. The van der Waals surface area contributed by atoms with Crippen LogP contribution in [-0.4, -0.2) is 15.0 Å². The van der Waals surface area contributed by atoms with Crippen LogP contribution in [-0.2, 0) is 0 Å². The molecular formula is C28H22N4. The van der Waals surface area contributed by atoms with E-state index in [4.69, 9.17) is 10.7 Å². The molecule has 5 aromatic rings. The van der Waals surface area contributed by atoms with Crippen LogP contribution in [0.4, 0.5) is 5.82 Å². The standard InChI is InChI=1S/C28H22N4/c1-19-7-13-22(14-8-19)24-17-25-27(29)30-18-31-28(25)32-26(24)23-15-11-21(12-16-23)10-9-20-5-3-2-4-6-20/h2-18H,1H3,(H2,29,30,31,32)/b10-9+. The van der Waals surface area contributed by atoms with Gasteiger partial charge in [0.15, 0.2) is 5.65 Å². The van der Waals surface area contributed by atoms with Gasteiger partial charge in [0, 0.05) is 11.1 Å². The van der Waals surface area contributed by atoms with Crippen LogP contribution in [0.2, 0.25) is 0 Å². The number of nitrogens with zero attached hydrogens (tertiary/aromatic N) is 3. The van der Waals surface area contributed by atoms with E-state index in [0.717, 1.165) is 33.3 Å². The number of rotatable bonds is 4. The van der Waals surface area contributed by atoms with E-state index in [2.05, 4.69) is 89.7 Å². The molecule has 4 heteroatoms. The van der Waals surface area contributed by atoms with Gasteiger partial charge in [-0.05, 0) is 29.7 Å². The fourth-order valence-electron chi connectivity index (χ4n) is 3.69. The molecule has 2 N–H and O–H groups in total. The number of pyridine rings is 1. The Hall–Kier alpha value is -4.31. The molecule has 4 nitrogen and oxygen atoms in total. The molecule has 2 heterocycles. The van der Waals surface area contributed by atoms with Crippen molar-refractivity contribution < 1.29 is 0 Å². The summed E-state index contributed by atoms with van der Waals surface area (Å²) in [4.78, 5) is 13.4. The largest absolute Gasteiger partial charge is 0.383 e. The second kappa shape index (κ2) is 8.44. The summed E-state index contributed by atoms with van der Waals surface area (Å²) >= 11 is 0. The van der Waals surface area contributed by atoms with Crippen LogP contribution in [0.15, 0.2) is 91.3 Å². The number of anilines is 1. The summed E-state index contributed by atoms with van der Waals surface area (Å²) in [5.41, 5.74) is 14.2. The third kappa shape index (κ3) is 3.98. The number of hydrogen-bond donors (Lipinski definition) is 1. The van der Waals surface area contributed by atoms with Gasteiger partial charge in [0.1, 0.15) is 12.1 Å². The molecule has 0 amide bonds. The van der Waals surface area contributed by atoms with E-state index in [-0.39, 0.29) is 0 Å². The molecule has 0 bridgehead atoms. The summed E-state index contributed by atoms with van der Waals surface area (Å²) in [6, 6.07) is 29.1. The highest BCUT2D eigenvalue weighted by atomic mass is 15.0. The first kappa shape index (κ1) is 19.6. The number of benzene rings is 3. The average molecular weight is 415 g/mol. The van der Waals surface area contributed by atoms with Crippen LogP contribution in [0.5, 0.6) is 0 Å². The summed E-state index contributed by atoms with van der Waals surface area (Å²) in [7, 11) is 0. The molecule has 0 atom stereocenters. The number of nitrogen functional groups attached to an aromatic ring is 1. The monoisotopic (exact) mass is 414 g/mol. The van der Waals surface area contributed by atoms with Crippen molar-refractivity contribution in [2.24, 2.45) is 0 Å². The zero-order valence-corrected chi connectivity index (χ0v) is 17.7. The highest BCUT2D eigenvalue weighted by molar-refractivity contribution is 5.94. The number of fused-ring (bicyclic) bond motifs is 1. The Bertz CT molecular complexity index is 1400. The van der Waals surface area contributed by atoms with Gasteiger partial charge < -0.3 is 5.73 Å². The Labute approximate surface area is 187 Å². The first-order valence-electron chi connectivity index (χ1n) is 10.5. The minimum absolute atomic E-state index is 0.434. The van der Waals surface area contributed by atoms with Crippen LogP contribution in [0, 0.1) is 6.92 Å². The topological polar surface area (TPSA) is 64.7 Å². The third-order valence-corrected chi connectivity index (χ3v) is 5.47. The summed E-state index contributed by atoms with van der Waals surface area (Å²) < 4.78 is 0. The number of aromatic nitrogens is 3. The minimum Gasteiger partial charge on any atom is -0.383 e. The van der Waals surface area contributed by atoms with E-state index >= 15 is 0 Å². The molecule has 0 aliphatic carbocycles. The Morgan fingerprint density at radius 1 is 0.719 bits per heavy atom. The van der Waals surface area contributed by atoms with Gasteiger partial charge >= 0.3 is 0 Å². The molecule has 0 spiro atoms. The van der Waals surface area contributed by atoms with Gasteiger partial charge in [-0.3, -0.25) is 0 Å². The van der Waals surface area contributed by atoms with Crippen molar-refractivity contribution in [3.05, 3.63) is 108 Å². The van der Waals surface area contributed by atoms with E-state index in [0.29, 0.717) is 11.5 Å². The molecule has 0 fully saturated rings. The number of nitrogens with two attached hydrogens (primary N) is 1. The molecule has 5 rings (SSSR count). The van der Waals surface area contributed by atoms with E-state index in [9.17, 15) is 0 Å². The number of hydrogen-bond acceptors (Lipinski definition) is 4. The van der Waals surface area contributed by atoms with Gasteiger partial charge in [-0.1, -0.05) is 96.6 Å². The van der Waals surface area contributed by atoms with Gasteiger partial charge in [-0.15, -0.1) is 0 Å². The highest BCUT2D eigenvalue weighted by Gasteiger charge is 2.14. The predicted molar refractivity (Wildman–Crippen MR) is 133 cm³/mol. The molecule has 3 aromatic carbocycles. The van der Waals surface area contributed by atoms with Gasteiger partial charge in [0.25, 0.3) is 0 Å². The van der Waals surface area contributed by atoms with E-state index in [1.807, 2.05) is 24.3 Å². The highest BCUT2D eigenvalue weighted by Crippen LogP contribution is 2.34. The van der Waals surface area contributed by atoms with Crippen molar-refractivity contribution in [2.45, 2.75) is 6.92 Å². The molecule has 0 aliphatic rings. The van der Waals surface area contributed by atoms with Crippen molar-refractivity contribution in [1.82, 2.24) is 15.0 Å². The lowest BCUT2D eigenvalue weighted by Gasteiger charge is -2.12. The van der Waals surface area contributed by atoms with Crippen molar-refractivity contribution >= 4 is 29.0 Å². The SMILES string of the molecule is Cc1ccc(-c2cc3c(N)ncnc3nc2-c2ccc(/C=C/c3ccccc3)cc2)cc1. The molecule has 0 aliphatic heterocycles. The van der Waals surface area contributed by atoms with E-state index in [1.165, 1.54) is 17.5 Å². The molecular weight excluding hydrogens is 392 g/mol. The lowest BCUT2D eigenvalue weighted by molar-refractivity contribution is 1.19. The lowest BCUT2D eigenvalue weighted by Crippen LogP contribution is -1.98. The summed E-state index contributed by atoms with van der Waals surface area (Å²) in [6.07, 6.45) is 5.68. The second-order valence-electron chi connectivity index (χ2n) is 7.75. The maximum Gasteiger partial charge on any atom is 0.165 e. The van der Waals surface area contributed by atoms with Crippen molar-refractivity contribution in [3.8, 4) is 22.4 Å². The van der Waals surface area contributed by atoms with Crippen LogP contribution in [0.3, 0.4) is 0 Å². The van der Waals surface area contributed by atoms with E-state index in [1.54, 1.807) is 0 Å². The quantitative estimate of drug-likeness (QED) is 0.345. The van der Waals surface area contributed by atoms with Crippen molar-refractivity contribution in [3.63, 3.8) is 0 Å². The molecule has 0 saturated heterocycles. The Morgan fingerprint density at radius 2 is 1.38 bits per heavy atom. The first-order chi connectivity index (χ1) is 15.7. The molecule has 0 radical (unpaired) electrons. The molecule has 154 valence electrons. The maximum atomic E-state index is 6.12. The normalized spacial score (nSPS) is 11.3. The minimum atomic E-state index is 0.434. The summed E-state index contributed by atoms with van der Waals surface area (Å²) in [5.74, 6) is 0.434.